The molecule has 0 aromatic heterocycles. The number of aryl methyl sites for hydroxylation is 1. The van der Waals surface area contributed by atoms with Crippen LogP contribution in [-0.2, 0) is 12.4 Å². The predicted molar refractivity (Wildman–Crippen MR) is 87.0 cm³/mol. The Hall–Kier alpha value is -0.990. The van der Waals surface area contributed by atoms with Crippen LogP contribution in [0.1, 0.15) is 16.7 Å². The lowest BCUT2D eigenvalue weighted by Crippen LogP contribution is -2.17. The first-order chi connectivity index (χ1) is 9.11. The fourth-order valence-corrected chi connectivity index (χ4v) is 2.77. The Morgan fingerprint density at radius 1 is 1.16 bits per heavy atom. The van der Waals surface area contributed by atoms with Crippen molar-refractivity contribution < 1.29 is 0 Å². The zero-order valence-corrected chi connectivity index (χ0v) is 13.5. The van der Waals surface area contributed by atoms with Crippen LogP contribution in [0.25, 0.3) is 0 Å². The van der Waals surface area contributed by atoms with Crippen molar-refractivity contribution in [2.75, 3.05) is 11.9 Å². The molecule has 0 unspecified atom stereocenters. The normalized spacial score (nSPS) is 10.5. The van der Waals surface area contributed by atoms with Crippen molar-refractivity contribution in [1.29, 1.82) is 0 Å². The van der Waals surface area contributed by atoms with Crippen LogP contribution in [0.2, 0.25) is 0 Å². The van der Waals surface area contributed by atoms with Crippen LogP contribution in [0.15, 0.2) is 46.9 Å². The van der Waals surface area contributed by atoms with E-state index in [9.17, 15) is 0 Å². The summed E-state index contributed by atoms with van der Waals surface area (Å²) in [5.41, 5.74) is 4.94. The van der Waals surface area contributed by atoms with Crippen LogP contribution in [-0.4, -0.2) is 7.05 Å². The number of halogens is 2. The zero-order valence-electron chi connectivity index (χ0n) is 11.2. The summed E-state index contributed by atoms with van der Waals surface area (Å²) in [7, 11) is 2.11. The molecular formula is C16H17BrClN. The van der Waals surface area contributed by atoms with Crippen LogP contribution < -0.4 is 4.90 Å². The first-order valence-electron chi connectivity index (χ1n) is 6.22. The molecule has 0 aliphatic heterocycles. The van der Waals surface area contributed by atoms with E-state index in [1.165, 1.54) is 16.8 Å². The quantitative estimate of drug-likeness (QED) is 0.698. The van der Waals surface area contributed by atoms with Crippen molar-refractivity contribution in [2.45, 2.75) is 19.3 Å². The van der Waals surface area contributed by atoms with Gasteiger partial charge in [-0.05, 0) is 35.7 Å². The van der Waals surface area contributed by atoms with Crippen molar-refractivity contribution in [1.82, 2.24) is 0 Å². The molecule has 0 fully saturated rings. The topological polar surface area (TPSA) is 3.24 Å². The van der Waals surface area contributed by atoms with E-state index in [4.69, 9.17) is 11.6 Å². The van der Waals surface area contributed by atoms with Gasteiger partial charge in [-0.1, -0.05) is 46.3 Å². The number of nitrogens with zero attached hydrogens (tertiary/aromatic N) is 1. The lowest BCUT2D eigenvalue weighted by atomic mass is 10.1. The number of alkyl halides is 1. The summed E-state index contributed by atoms with van der Waals surface area (Å²) in [6.07, 6.45) is 0. The van der Waals surface area contributed by atoms with Gasteiger partial charge in [-0.25, -0.2) is 0 Å². The van der Waals surface area contributed by atoms with E-state index in [0.29, 0.717) is 5.88 Å². The summed E-state index contributed by atoms with van der Waals surface area (Å²) >= 11 is 9.46. The summed E-state index contributed by atoms with van der Waals surface area (Å²) in [4.78, 5) is 2.26. The fourth-order valence-electron chi connectivity index (χ4n) is 2.20. The van der Waals surface area contributed by atoms with Crippen molar-refractivity contribution >= 4 is 33.2 Å². The lowest BCUT2D eigenvalue weighted by molar-refractivity contribution is 0.912. The van der Waals surface area contributed by atoms with Gasteiger partial charge in [0.1, 0.15) is 0 Å². The zero-order chi connectivity index (χ0) is 13.8. The first kappa shape index (κ1) is 14.4. The molecule has 0 aliphatic rings. The molecule has 0 saturated carbocycles. The van der Waals surface area contributed by atoms with E-state index in [1.807, 2.05) is 6.07 Å². The monoisotopic (exact) mass is 337 g/mol. The summed E-state index contributed by atoms with van der Waals surface area (Å²) in [5, 5.41) is 0. The lowest BCUT2D eigenvalue weighted by Gasteiger charge is -2.22. The van der Waals surface area contributed by atoms with Gasteiger partial charge in [-0.3, -0.25) is 0 Å². The standard InChI is InChI=1S/C16H17BrClN/c1-12-9-13(10-18)7-8-16(12)19(2)11-14-5-3-4-6-15(14)17/h3-9H,10-11H2,1-2H3. The molecule has 2 aromatic rings. The van der Waals surface area contributed by atoms with Crippen LogP contribution in [0.5, 0.6) is 0 Å². The average molecular weight is 339 g/mol. The maximum Gasteiger partial charge on any atom is 0.0474 e. The van der Waals surface area contributed by atoms with E-state index in [1.54, 1.807) is 0 Å². The Morgan fingerprint density at radius 2 is 1.89 bits per heavy atom. The third kappa shape index (κ3) is 3.52. The molecule has 2 rings (SSSR count). The number of hydrogen-bond acceptors (Lipinski definition) is 1. The summed E-state index contributed by atoms with van der Waals surface area (Å²) < 4.78 is 1.15. The minimum atomic E-state index is 0.565. The summed E-state index contributed by atoms with van der Waals surface area (Å²) in [6.45, 7) is 3.00. The molecule has 100 valence electrons. The number of hydrogen-bond donors (Lipinski definition) is 0. The van der Waals surface area contributed by atoms with Crippen LogP contribution >= 0.6 is 27.5 Å². The molecule has 2 aromatic carbocycles. The Balaban J connectivity index is 2.21. The van der Waals surface area contributed by atoms with E-state index in [-0.39, 0.29) is 0 Å². The molecule has 0 radical (unpaired) electrons. The van der Waals surface area contributed by atoms with Gasteiger partial charge in [-0.2, -0.15) is 0 Å². The van der Waals surface area contributed by atoms with E-state index in [2.05, 4.69) is 71.2 Å². The smallest absolute Gasteiger partial charge is 0.0474 e. The van der Waals surface area contributed by atoms with E-state index in [0.717, 1.165) is 16.6 Å². The molecule has 19 heavy (non-hydrogen) atoms. The number of benzene rings is 2. The highest BCUT2D eigenvalue weighted by Gasteiger charge is 2.07. The molecule has 3 heteroatoms. The maximum atomic E-state index is 5.86. The van der Waals surface area contributed by atoms with Gasteiger partial charge in [0.25, 0.3) is 0 Å². The second kappa shape index (κ2) is 6.44. The predicted octanol–water partition coefficient (Wildman–Crippen LogP) is 5.13. The highest BCUT2D eigenvalue weighted by Crippen LogP contribution is 2.24. The van der Waals surface area contributed by atoms with E-state index < -0.39 is 0 Å². The molecule has 0 atom stereocenters. The van der Waals surface area contributed by atoms with Crippen LogP contribution in [0.4, 0.5) is 5.69 Å². The molecule has 0 bridgehead atoms. The summed E-state index contributed by atoms with van der Waals surface area (Å²) in [5.74, 6) is 0.565. The molecule has 0 N–H and O–H groups in total. The minimum absolute atomic E-state index is 0.565. The van der Waals surface area contributed by atoms with Crippen LogP contribution in [0.3, 0.4) is 0 Å². The molecule has 0 heterocycles. The molecule has 0 amide bonds. The van der Waals surface area contributed by atoms with Gasteiger partial charge < -0.3 is 4.90 Å². The van der Waals surface area contributed by atoms with Gasteiger partial charge in [0, 0.05) is 29.6 Å². The molecule has 0 aliphatic carbocycles. The number of anilines is 1. The highest BCUT2D eigenvalue weighted by atomic mass is 79.9. The van der Waals surface area contributed by atoms with E-state index >= 15 is 0 Å². The van der Waals surface area contributed by atoms with Gasteiger partial charge in [0.15, 0.2) is 0 Å². The van der Waals surface area contributed by atoms with Crippen molar-refractivity contribution in [3.8, 4) is 0 Å². The highest BCUT2D eigenvalue weighted by molar-refractivity contribution is 9.10. The van der Waals surface area contributed by atoms with Crippen molar-refractivity contribution in [2.24, 2.45) is 0 Å². The largest absolute Gasteiger partial charge is 0.370 e. The summed E-state index contributed by atoms with van der Waals surface area (Å²) in [6, 6.07) is 14.7. The van der Waals surface area contributed by atoms with Crippen molar-refractivity contribution in [3.05, 3.63) is 63.6 Å². The van der Waals surface area contributed by atoms with Gasteiger partial charge >= 0.3 is 0 Å². The fraction of sp³-hybridized carbons (Fsp3) is 0.250. The molecular weight excluding hydrogens is 322 g/mol. The third-order valence-corrected chi connectivity index (χ3v) is 4.27. The van der Waals surface area contributed by atoms with Gasteiger partial charge in [-0.15, -0.1) is 11.6 Å². The Kier molecular flexibility index (Phi) is 4.89. The van der Waals surface area contributed by atoms with Gasteiger partial charge in [0.05, 0.1) is 0 Å². The maximum absolute atomic E-state index is 5.86. The molecule has 0 spiro atoms. The second-order valence-electron chi connectivity index (χ2n) is 4.70. The second-order valence-corrected chi connectivity index (χ2v) is 5.82. The molecule has 0 saturated heterocycles. The third-order valence-electron chi connectivity index (χ3n) is 3.19. The molecule has 1 nitrogen and oxygen atoms in total. The Morgan fingerprint density at radius 3 is 2.53 bits per heavy atom. The minimum Gasteiger partial charge on any atom is -0.370 e. The Bertz CT molecular complexity index is 568. The number of rotatable bonds is 4. The Labute approximate surface area is 128 Å². The first-order valence-corrected chi connectivity index (χ1v) is 7.54. The van der Waals surface area contributed by atoms with Crippen molar-refractivity contribution in [3.63, 3.8) is 0 Å². The van der Waals surface area contributed by atoms with Crippen LogP contribution in [0, 0.1) is 6.92 Å². The van der Waals surface area contributed by atoms with Gasteiger partial charge in [0.2, 0.25) is 0 Å². The SMILES string of the molecule is Cc1cc(CCl)ccc1N(C)Cc1ccccc1Br. The average Bonchev–Trinajstić information content (AvgIpc) is 2.41.